The molecule has 0 spiro atoms. The predicted molar refractivity (Wildman–Crippen MR) is 148 cm³/mol. The van der Waals surface area contributed by atoms with Crippen molar-refractivity contribution in [2.45, 2.75) is 17.7 Å². The lowest BCUT2D eigenvalue weighted by molar-refractivity contribution is 0.0827. The molecule has 0 unspecified atom stereocenters. The topological polar surface area (TPSA) is 83.6 Å². The Morgan fingerprint density at radius 3 is 2.27 bits per heavy atom. The van der Waals surface area contributed by atoms with Crippen LogP contribution < -0.4 is 4.72 Å². The molecule has 190 valence electrons. The molecule has 37 heavy (non-hydrogen) atoms. The van der Waals surface area contributed by atoms with Crippen LogP contribution in [0, 0.1) is 0 Å². The maximum absolute atomic E-state index is 13.1. The number of benzene rings is 4. The number of carbonyl (C=O) groups is 2. The van der Waals surface area contributed by atoms with E-state index in [9.17, 15) is 18.0 Å². The van der Waals surface area contributed by atoms with E-state index < -0.39 is 10.0 Å². The normalized spacial score (nSPS) is 11.4. The van der Waals surface area contributed by atoms with Crippen LogP contribution >= 0.6 is 23.2 Å². The Morgan fingerprint density at radius 1 is 0.865 bits per heavy atom. The lowest BCUT2D eigenvalue weighted by atomic mass is 9.97. The summed E-state index contributed by atoms with van der Waals surface area (Å²) in [5.74, 6) is -0.135. The van der Waals surface area contributed by atoms with Gasteiger partial charge in [-0.3, -0.25) is 14.3 Å². The summed E-state index contributed by atoms with van der Waals surface area (Å²) in [6, 6.07) is 21.7. The fourth-order valence-electron chi connectivity index (χ4n) is 4.00. The first kappa shape index (κ1) is 26.7. The molecule has 1 amide bonds. The lowest BCUT2D eigenvalue weighted by Crippen LogP contribution is -2.21. The number of aryl methyl sites for hydroxylation is 1. The zero-order valence-corrected chi connectivity index (χ0v) is 22.5. The molecule has 4 aromatic carbocycles. The molecule has 0 heterocycles. The molecule has 0 aromatic heterocycles. The van der Waals surface area contributed by atoms with Crippen LogP contribution in [-0.2, 0) is 16.4 Å². The molecule has 1 N–H and O–H groups in total. The zero-order valence-electron chi connectivity index (χ0n) is 20.2. The highest BCUT2D eigenvalue weighted by atomic mass is 35.5. The van der Waals surface area contributed by atoms with Gasteiger partial charge in [-0.15, -0.1) is 0 Å². The van der Waals surface area contributed by atoms with Gasteiger partial charge in [-0.2, -0.15) is 0 Å². The molecule has 0 atom stereocenters. The summed E-state index contributed by atoms with van der Waals surface area (Å²) >= 11 is 11.9. The Morgan fingerprint density at radius 2 is 1.57 bits per heavy atom. The molecule has 4 aromatic rings. The highest BCUT2D eigenvalue weighted by Crippen LogP contribution is 2.27. The van der Waals surface area contributed by atoms with E-state index in [2.05, 4.69) is 4.72 Å². The van der Waals surface area contributed by atoms with Gasteiger partial charge in [0, 0.05) is 47.4 Å². The van der Waals surface area contributed by atoms with E-state index in [0.717, 1.165) is 10.9 Å². The second kappa shape index (κ2) is 10.9. The van der Waals surface area contributed by atoms with Gasteiger partial charge in [-0.1, -0.05) is 59.6 Å². The van der Waals surface area contributed by atoms with Crippen LogP contribution in [0.5, 0.6) is 0 Å². The minimum Gasteiger partial charge on any atom is -0.345 e. The lowest BCUT2D eigenvalue weighted by Gasteiger charge is -2.12. The number of nitrogens with one attached hydrogen (secondary N) is 1. The van der Waals surface area contributed by atoms with Gasteiger partial charge in [-0.05, 0) is 65.2 Å². The molecule has 0 bridgehead atoms. The number of hydrogen-bond donors (Lipinski definition) is 1. The van der Waals surface area contributed by atoms with Crippen LogP contribution in [0.3, 0.4) is 0 Å². The molecule has 9 heteroatoms. The molecule has 4 rings (SSSR count). The van der Waals surface area contributed by atoms with E-state index >= 15 is 0 Å². The highest BCUT2D eigenvalue weighted by Gasteiger charge is 2.17. The number of nitrogens with zero attached hydrogens (tertiary/aromatic N) is 1. The summed E-state index contributed by atoms with van der Waals surface area (Å²) in [5.41, 5.74) is 2.37. The van der Waals surface area contributed by atoms with E-state index in [0.29, 0.717) is 28.6 Å². The fourth-order valence-corrected chi connectivity index (χ4v) is 5.77. The summed E-state index contributed by atoms with van der Waals surface area (Å²) < 4.78 is 28.2. The van der Waals surface area contributed by atoms with Crippen molar-refractivity contribution in [2.75, 3.05) is 18.8 Å². The number of hydrogen-bond acceptors (Lipinski definition) is 4. The highest BCUT2D eigenvalue weighted by molar-refractivity contribution is 7.92. The number of Topliss-reactive ketones (excluding diaryl/α,β-unsaturated/α-hetero) is 1. The Kier molecular flexibility index (Phi) is 7.87. The number of anilines is 1. The van der Waals surface area contributed by atoms with E-state index in [1.54, 1.807) is 50.5 Å². The van der Waals surface area contributed by atoms with Crippen molar-refractivity contribution >= 4 is 61.4 Å². The first-order chi connectivity index (χ1) is 17.5. The molecule has 0 aliphatic carbocycles. The second-order valence-electron chi connectivity index (χ2n) is 8.78. The standard InChI is InChI=1S/C28H24Cl2N2O4S/c1-32(2)28(34)20-7-3-5-18(13-20)9-12-27(33)26-8-4-6-19-14-23(10-11-25(19)26)31-37(35,36)24-16-21(29)15-22(30)17-24/h3-8,10-11,13-17,31H,9,12H2,1-2H3. The number of ketones is 1. The summed E-state index contributed by atoms with van der Waals surface area (Å²) in [4.78, 5) is 26.8. The Labute approximate surface area is 225 Å². The maximum atomic E-state index is 13.1. The molecule has 0 aliphatic rings. The van der Waals surface area contributed by atoms with Crippen LogP contribution in [-0.4, -0.2) is 39.1 Å². The van der Waals surface area contributed by atoms with Crippen molar-refractivity contribution in [3.05, 3.63) is 106 Å². The molecule has 0 radical (unpaired) electrons. The summed E-state index contributed by atoms with van der Waals surface area (Å²) in [5, 5.41) is 1.86. The van der Waals surface area contributed by atoms with Crippen molar-refractivity contribution in [3.63, 3.8) is 0 Å². The van der Waals surface area contributed by atoms with Crippen LogP contribution in [0.15, 0.2) is 83.8 Å². The second-order valence-corrected chi connectivity index (χ2v) is 11.3. The van der Waals surface area contributed by atoms with Crippen LogP contribution in [0.4, 0.5) is 5.69 Å². The zero-order chi connectivity index (χ0) is 26.7. The summed E-state index contributed by atoms with van der Waals surface area (Å²) in [7, 11) is -0.527. The molecular weight excluding hydrogens is 531 g/mol. The van der Waals surface area contributed by atoms with Crippen LogP contribution in [0.2, 0.25) is 10.0 Å². The predicted octanol–water partition coefficient (Wildman–Crippen LogP) is 6.46. The van der Waals surface area contributed by atoms with Crippen molar-refractivity contribution in [2.24, 2.45) is 0 Å². The Hall–Kier alpha value is -3.39. The first-order valence-corrected chi connectivity index (χ1v) is 13.6. The third-order valence-electron chi connectivity index (χ3n) is 5.80. The molecule has 0 fully saturated rings. The number of halogens is 2. The van der Waals surface area contributed by atoms with Crippen molar-refractivity contribution < 1.29 is 18.0 Å². The van der Waals surface area contributed by atoms with Gasteiger partial charge in [-0.25, -0.2) is 8.42 Å². The van der Waals surface area contributed by atoms with Gasteiger partial charge >= 0.3 is 0 Å². The Bertz CT molecular complexity index is 1600. The first-order valence-electron chi connectivity index (χ1n) is 11.4. The maximum Gasteiger partial charge on any atom is 0.261 e. The monoisotopic (exact) mass is 554 g/mol. The molecule has 6 nitrogen and oxygen atoms in total. The van der Waals surface area contributed by atoms with Gasteiger partial charge < -0.3 is 4.90 Å². The molecule has 0 saturated carbocycles. The van der Waals surface area contributed by atoms with E-state index in [1.165, 1.54) is 23.1 Å². The van der Waals surface area contributed by atoms with Crippen molar-refractivity contribution in [1.82, 2.24) is 4.90 Å². The third-order valence-corrected chi connectivity index (χ3v) is 7.60. The molecular formula is C28H24Cl2N2O4S. The minimum atomic E-state index is -3.92. The van der Waals surface area contributed by atoms with Gasteiger partial charge in [0.1, 0.15) is 0 Å². The average molecular weight is 555 g/mol. The largest absolute Gasteiger partial charge is 0.345 e. The van der Waals surface area contributed by atoms with E-state index in [-0.39, 0.29) is 33.1 Å². The van der Waals surface area contributed by atoms with Gasteiger partial charge in [0.2, 0.25) is 0 Å². The Balaban J connectivity index is 1.53. The minimum absolute atomic E-state index is 0.0446. The average Bonchev–Trinajstić information content (AvgIpc) is 2.85. The quantitative estimate of drug-likeness (QED) is 0.253. The van der Waals surface area contributed by atoms with E-state index in [1.807, 2.05) is 24.3 Å². The van der Waals surface area contributed by atoms with Gasteiger partial charge in [0.15, 0.2) is 5.78 Å². The van der Waals surface area contributed by atoms with Crippen molar-refractivity contribution in [3.8, 4) is 0 Å². The van der Waals surface area contributed by atoms with E-state index in [4.69, 9.17) is 23.2 Å². The van der Waals surface area contributed by atoms with Gasteiger partial charge in [0.25, 0.3) is 15.9 Å². The van der Waals surface area contributed by atoms with Gasteiger partial charge in [0.05, 0.1) is 4.90 Å². The third kappa shape index (κ3) is 6.31. The molecule has 0 saturated heterocycles. The number of rotatable bonds is 8. The molecule has 0 aliphatic heterocycles. The number of amides is 1. The smallest absolute Gasteiger partial charge is 0.261 e. The van der Waals surface area contributed by atoms with Crippen molar-refractivity contribution in [1.29, 1.82) is 0 Å². The number of fused-ring (bicyclic) bond motifs is 1. The number of sulfonamides is 1. The van der Waals surface area contributed by atoms with Crippen LogP contribution in [0.1, 0.15) is 32.7 Å². The number of carbonyl (C=O) groups excluding carboxylic acids is 2. The SMILES string of the molecule is CN(C)C(=O)c1cccc(CCC(=O)c2cccc3cc(NS(=O)(=O)c4cc(Cl)cc(Cl)c4)ccc23)c1. The summed E-state index contributed by atoms with van der Waals surface area (Å²) in [6.45, 7) is 0. The fraction of sp³-hybridized carbons (Fsp3) is 0.143. The van der Waals surface area contributed by atoms with Crippen LogP contribution in [0.25, 0.3) is 10.8 Å². The summed E-state index contributed by atoms with van der Waals surface area (Å²) in [6.07, 6.45) is 0.756.